The van der Waals surface area contributed by atoms with Crippen molar-refractivity contribution >= 4 is 25.0 Å². The minimum atomic E-state index is -0.871. The van der Waals surface area contributed by atoms with E-state index in [1.807, 2.05) is 0 Å². The summed E-state index contributed by atoms with van der Waals surface area (Å²) in [4.78, 5) is 0. The lowest BCUT2D eigenvalue weighted by Crippen LogP contribution is -2.37. The molecule has 0 amide bonds. The van der Waals surface area contributed by atoms with Crippen LogP contribution in [0.5, 0.6) is 0 Å². The number of hydrogen-bond acceptors (Lipinski definition) is 0. The molecule has 2 aromatic carbocycles. The molecule has 0 aliphatic heterocycles. The molecule has 17 heavy (non-hydrogen) atoms. The molecule has 0 aromatic heterocycles. The van der Waals surface area contributed by atoms with Crippen LogP contribution in [0, 0.1) is 20.8 Å². The highest BCUT2D eigenvalue weighted by atomic mass is 28.2. The summed E-state index contributed by atoms with van der Waals surface area (Å²) in [5.74, 6) is 0. The molecular formula is C16H18Si. The fourth-order valence-corrected chi connectivity index (χ4v) is 4.42. The van der Waals surface area contributed by atoms with E-state index in [1.54, 1.807) is 0 Å². The van der Waals surface area contributed by atoms with Gasteiger partial charge in [0, 0.05) is 0 Å². The maximum Gasteiger partial charge on any atom is 0.0733 e. The van der Waals surface area contributed by atoms with E-state index in [2.05, 4.69) is 69.4 Å². The van der Waals surface area contributed by atoms with Gasteiger partial charge in [0.25, 0.3) is 0 Å². The molecule has 0 radical (unpaired) electrons. The SMILES string of the molecule is C=[Si](c1ccccc1)c1c(C)cc(C)cc1C. The first-order valence-corrected chi connectivity index (χ1v) is 7.63. The summed E-state index contributed by atoms with van der Waals surface area (Å²) in [7, 11) is -0.871. The Kier molecular flexibility index (Phi) is 3.39. The molecule has 0 aliphatic rings. The van der Waals surface area contributed by atoms with Gasteiger partial charge in [0.05, 0.1) is 8.41 Å². The fourth-order valence-electron chi connectivity index (χ4n) is 2.44. The van der Waals surface area contributed by atoms with Crippen molar-refractivity contribution in [3.8, 4) is 0 Å². The molecule has 0 saturated heterocycles. The minimum absolute atomic E-state index is 0.871. The lowest BCUT2D eigenvalue weighted by atomic mass is 10.1. The summed E-state index contributed by atoms with van der Waals surface area (Å²) < 4.78 is 0. The maximum atomic E-state index is 4.43. The van der Waals surface area contributed by atoms with Gasteiger partial charge in [-0.05, 0) is 42.3 Å². The van der Waals surface area contributed by atoms with E-state index >= 15 is 0 Å². The zero-order valence-corrected chi connectivity index (χ0v) is 11.7. The van der Waals surface area contributed by atoms with Crippen LogP contribution in [0.3, 0.4) is 0 Å². The molecule has 0 unspecified atom stereocenters. The van der Waals surface area contributed by atoms with E-state index in [1.165, 1.54) is 27.1 Å². The Morgan fingerprint density at radius 2 is 1.41 bits per heavy atom. The van der Waals surface area contributed by atoms with E-state index in [0.29, 0.717) is 0 Å². The van der Waals surface area contributed by atoms with E-state index in [4.69, 9.17) is 0 Å². The van der Waals surface area contributed by atoms with Crippen LogP contribution in [-0.4, -0.2) is 14.6 Å². The van der Waals surface area contributed by atoms with E-state index < -0.39 is 8.41 Å². The first kappa shape index (κ1) is 12.0. The standard InChI is InChI=1S/C16H18Si/c1-12-10-13(2)16(14(3)11-12)17(4)15-8-6-5-7-9-15/h5-11H,4H2,1-3H3. The predicted molar refractivity (Wildman–Crippen MR) is 79.2 cm³/mol. The fraction of sp³-hybridized carbons (Fsp3) is 0.188. The second-order valence-corrected chi connectivity index (χ2v) is 6.65. The van der Waals surface area contributed by atoms with Gasteiger partial charge in [-0.2, -0.15) is 0 Å². The zero-order chi connectivity index (χ0) is 12.4. The van der Waals surface area contributed by atoms with Crippen LogP contribution < -0.4 is 10.4 Å². The van der Waals surface area contributed by atoms with Crippen LogP contribution in [-0.2, 0) is 0 Å². The molecule has 0 bridgehead atoms. The van der Waals surface area contributed by atoms with Gasteiger partial charge in [-0.1, -0.05) is 48.0 Å². The van der Waals surface area contributed by atoms with Crippen LogP contribution in [0.15, 0.2) is 42.5 Å². The molecule has 0 heterocycles. The smallest absolute Gasteiger partial charge is 0.0733 e. The van der Waals surface area contributed by atoms with Crippen LogP contribution in [0.25, 0.3) is 0 Å². The summed E-state index contributed by atoms with van der Waals surface area (Å²) in [6, 6.07) is 15.2. The van der Waals surface area contributed by atoms with Crippen molar-refractivity contribution < 1.29 is 0 Å². The molecule has 0 nitrogen and oxygen atoms in total. The molecule has 2 aromatic rings. The van der Waals surface area contributed by atoms with Gasteiger partial charge < -0.3 is 0 Å². The normalized spacial score (nSPS) is 10.3. The number of rotatable bonds is 2. The highest BCUT2D eigenvalue weighted by Gasteiger charge is 2.09. The van der Waals surface area contributed by atoms with Gasteiger partial charge >= 0.3 is 0 Å². The summed E-state index contributed by atoms with van der Waals surface area (Å²) in [5, 5.41) is 2.85. The molecule has 0 atom stereocenters. The number of hydrogen-bond donors (Lipinski definition) is 0. The third-order valence-corrected chi connectivity index (χ3v) is 5.52. The summed E-state index contributed by atoms with van der Waals surface area (Å²) in [5.41, 5.74) is 4.11. The van der Waals surface area contributed by atoms with Crippen LogP contribution in [0.4, 0.5) is 0 Å². The van der Waals surface area contributed by atoms with Crippen molar-refractivity contribution in [1.29, 1.82) is 0 Å². The quantitative estimate of drug-likeness (QED) is 0.704. The van der Waals surface area contributed by atoms with Gasteiger partial charge in [0.15, 0.2) is 0 Å². The van der Waals surface area contributed by atoms with Crippen LogP contribution in [0.2, 0.25) is 0 Å². The van der Waals surface area contributed by atoms with Crippen LogP contribution >= 0.6 is 0 Å². The number of aryl methyl sites for hydroxylation is 3. The van der Waals surface area contributed by atoms with Crippen LogP contribution in [0.1, 0.15) is 16.7 Å². The molecular weight excluding hydrogens is 220 g/mol. The highest BCUT2D eigenvalue weighted by Crippen LogP contribution is 2.05. The van der Waals surface area contributed by atoms with Crippen molar-refractivity contribution in [2.45, 2.75) is 20.8 Å². The maximum absolute atomic E-state index is 4.43. The average molecular weight is 238 g/mol. The molecule has 0 aliphatic carbocycles. The lowest BCUT2D eigenvalue weighted by molar-refractivity contribution is 1.35. The summed E-state index contributed by atoms with van der Waals surface area (Å²) in [6.07, 6.45) is 4.43. The van der Waals surface area contributed by atoms with E-state index in [0.717, 1.165) is 0 Å². The molecule has 2 rings (SSSR count). The van der Waals surface area contributed by atoms with Gasteiger partial charge in [-0.25, -0.2) is 0 Å². The second kappa shape index (κ2) is 4.80. The third kappa shape index (κ3) is 2.45. The Morgan fingerprint density at radius 1 is 0.882 bits per heavy atom. The Balaban J connectivity index is 2.52. The first-order valence-electron chi connectivity index (χ1n) is 5.92. The van der Waals surface area contributed by atoms with Gasteiger partial charge in [0.1, 0.15) is 0 Å². The molecule has 0 saturated carbocycles. The van der Waals surface area contributed by atoms with Gasteiger partial charge in [-0.15, -0.1) is 6.17 Å². The second-order valence-electron chi connectivity index (χ2n) is 4.62. The molecule has 0 spiro atoms. The Hall–Kier alpha value is -1.47. The van der Waals surface area contributed by atoms with Gasteiger partial charge in [-0.3, -0.25) is 0 Å². The zero-order valence-electron chi connectivity index (χ0n) is 10.7. The minimum Gasteiger partial charge on any atom is -0.110 e. The lowest BCUT2D eigenvalue weighted by Gasteiger charge is -2.13. The van der Waals surface area contributed by atoms with E-state index in [9.17, 15) is 0 Å². The molecule has 86 valence electrons. The molecule has 1 heteroatoms. The van der Waals surface area contributed by atoms with Crippen molar-refractivity contribution in [3.05, 3.63) is 59.2 Å². The van der Waals surface area contributed by atoms with Gasteiger partial charge in [0.2, 0.25) is 0 Å². The Bertz CT molecular complexity index is 530. The van der Waals surface area contributed by atoms with E-state index in [-0.39, 0.29) is 0 Å². The predicted octanol–water partition coefficient (Wildman–Crippen LogP) is 2.23. The van der Waals surface area contributed by atoms with Crippen molar-refractivity contribution in [1.82, 2.24) is 0 Å². The molecule has 0 N–H and O–H groups in total. The van der Waals surface area contributed by atoms with Crippen molar-refractivity contribution in [3.63, 3.8) is 0 Å². The Morgan fingerprint density at radius 3 is 1.94 bits per heavy atom. The topological polar surface area (TPSA) is 0 Å². The average Bonchev–Trinajstić information content (AvgIpc) is 2.28. The summed E-state index contributed by atoms with van der Waals surface area (Å²) >= 11 is 0. The largest absolute Gasteiger partial charge is 0.110 e. The first-order chi connectivity index (χ1) is 8.09. The molecule has 0 fully saturated rings. The van der Waals surface area contributed by atoms with Crippen molar-refractivity contribution in [2.24, 2.45) is 0 Å². The summed E-state index contributed by atoms with van der Waals surface area (Å²) in [6.45, 7) is 6.56. The monoisotopic (exact) mass is 238 g/mol. The third-order valence-electron chi connectivity index (χ3n) is 3.10. The Labute approximate surface area is 105 Å². The number of benzene rings is 2. The van der Waals surface area contributed by atoms with Crippen molar-refractivity contribution in [2.75, 3.05) is 0 Å². The highest BCUT2D eigenvalue weighted by molar-refractivity contribution is 6.86.